The van der Waals surface area contributed by atoms with Crippen LogP contribution in [0, 0.1) is 0 Å². The fourth-order valence-corrected chi connectivity index (χ4v) is 1.76. The molecule has 5 heteroatoms. The van der Waals surface area contributed by atoms with Crippen molar-refractivity contribution in [1.29, 1.82) is 0 Å². The first-order valence-corrected chi connectivity index (χ1v) is 8.95. The molecule has 4 nitrogen and oxygen atoms in total. The van der Waals surface area contributed by atoms with Crippen LogP contribution >= 0.6 is 6.83 Å². The fourth-order valence-electron chi connectivity index (χ4n) is 0.853. The van der Waals surface area contributed by atoms with E-state index in [4.69, 9.17) is 14.0 Å². The van der Waals surface area contributed by atoms with E-state index in [1.807, 2.05) is 26.7 Å². The molecular formula is C10H23O4P. The van der Waals surface area contributed by atoms with Gasteiger partial charge in [-0.25, -0.2) is 0 Å². The van der Waals surface area contributed by atoms with Gasteiger partial charge in [0.15, 0.2) is 0 Å². The summed E-state index contributed by atoms with van der Waals surface area (Å²) in [5.74, 6) is -0.180. The summed E-state index contributed by atoms with van der Waals surface area (Å²) >= 11 is 0. The van der Waals surface area contributed by atoms with Crippen LogP contribution in [0.3, 0.4) is 0 Å². The second kappa shape index (κ2) is 5.78. The van der Waals surface area contributed by atoms with Crippen LogP contribution in [0.15, 0.2) is 0 Å². The maximum absolute atomic E-state index is 11.4. The van der Waals surface area contributed by atoms with Crippen LogP contribution in [0.2, 0.25) is 0 Å². The first-order chi connectivity index (χ1) is 6.71. The Kier molecular flexibility index (Phi) is 5.71. The van der Waals surface area contributed by atoms with Crippen molar-refractivity contribution in [2.24, 2.45) is 0 Å². The van der Waals surface area contributed by atoms with Crippen molar-refractivity contribution >= 4 is 12.8 Å². The van der Waals surface area contributed by atoms with E-state index in [-0.39, 0.29) is 5.97 Å². The number of rotatable bonds is 7. The van der Waals surface area contributed by atoms with Gasteiger partial charge in [0, 0.05) is 0 Å². The molecule has 0 heterocycles. The number of carbonyl (C=O) groups is 1. The van der Waals surface area contributed by atoms with Gasteiger partial charge in [-0.05, 0) is 0 Å². The molecule has 0 aliphatic rings. The third-order valence-electron chi connectivity index (χ3n) is 1.35. The molecule has 0 fully saturated rings. The Hall–Kier alpha value is -0.180. The van der Waals surface area contributed by atoms with Crippen molar-refractivity contribution in [3.63, 3.8) is 0 Å². The molecular weight excluding hydrogens is 215 g/mol. The Morgan fingerprint density at radius 2 is 1.67 bits per heavy atom. The third kappa shape index (κ3) is 11.7. The van der Waals surface area contributed by atoms with E-state index in [0.29, 0.717) is 26.2 Å². The quantitative estimate of drug-likeness (QED) is 0.499. The molecule has 0 aromatic rings. The van der Waals surface area contributed by atoms with E-state index in [1.165, 1.54) is 0 Å². The van der Waals surface area contributed by atoms with Gasteiger partial charge in [0.05, 0.1) is 0 Å². The predicted molar refractivity (Wildman–Crippen MR) is 64.0 cm³/mol. The SMILES string of the molecule is COCCOCCC(=O)OP(C)(C)(C)C. The minimum atomic E-state index is -2.18. The Labute approximate surface area is 92.3 Å². The summed E-state index contributed by atoms with van der Waals surface area (Å²) in [5, 5.41) is 0. The summed E-state index contributed by atoms with van der Waals surface area (Å²) in [7, 11) is 1.61. The van der Waals surface area contributed by atoms with Gasteiger partial charge in [0.1, 0.15) is 0 Å². The average molecular weight is 238 g/mol. The van der Waals surface area contributed by atoms with Crippen LogP contribution < -0.4 is 0 Å². The molecule has 0 rings (SSSR count). The third-order valence-corrected chi connectivity index (χ3v) is 2.28. The zero-order chi connectivity index (χ0) is 12.0. The molecule has 0 aromatic carbocycles. The summed E-state index contributed by atoms with van der Waals surface area (Å²) in [6.07, 6.45) is 0.310. The van der Waals surface area contributed by atoms with E-state index in [2.05, 4.69) is 0 Å². The molecule has 92 valence electrons. The molecule has 0 N–H and O–H groups in total. The predicted octanol–water partition coefficient (Wildman–Crippen LogP) is 1.57. The molecule has 0 aliphatic heterocycles. The topological polar surface area (TPSA) is 44.8 Å². The number of ether oxygens (including phenoxy) is 2. The normalized spacial score (nSPS) is 14.3. The van der Waals surface area contributed by atoms with E-state index < -0.39 is 6.83 Å². The zero-order valence-electron chi connectivity index (χ0n) is 10.4. The summed E-state index contributed by atoms with van der Waals surface area (Å²) in [6, 6.07) is 0. The second-order valence-electron chi connectivity index (χ2n) is 5.23. The molecule has 0 bridgehead atoms. The van der Waals surface area contributed by atoms with Gasteiger partial charge in [-0.3, -0.25) is 0 Å². The fraction of sp³-hybridized carbons (Fsp3) is 0.900. The molecule has 0 aliphatic carbocycles. The number of methoxy groups -OCH3 is 1. The molecule has 0 spiro atoms. The molecule has 0 saturated heterocycles. The van der Waals surface area contributed by atoms with Gasteiger partial charge in [-0.15, -0.1) is 0 Å². The molecule has 0 aromatic heterocycles. The Bertz CT molecular complexity index is 198. The van der Waals surface area contributed by atoms with Crippen molar-refractivity contribution in [2.75, 3.05) is 53.6 Å². The zero-order valence-corrected chi connectivity index (χ0v) is 11.3. The summed E-state index contributed by atoms with van der Waals surface area (Å²) in [6.45, 7) is 7.27. The van der Waals surface area contributed by atoms with Gasteiger partial charge < -0.3 is 0 Å². The van der Waals surface area contributed by atoms with E-state index >= 15 is 0 Å². The van der Waals surface area contributed by atoms with Crippen molar-refractivity contribution in [3.8, 4) is 0 Å². The Morgan fingerprint density at radius 3 is 2.13 bits per heavy atom. The summed E-state index contributed by atoms with van der Waals surface area (Å²) in [5.41, 5.74) is 0. The van der Waals surface area contributed by atoms with E-state index in [0.717, 1.165) is 0 Å². The Balaban J connectivity index is 3.60. The van der Waals surface area contributed by atoms with Gasteiger partial charge in [0.2, 0.25) is 0 Å². The molecule has 15 heavy (non-hydrogen) atoms. The van der Waals surface area contributed by atoms with Gasteiger partial charge in [-0.1, -0.05) is 0 Å². The van der Waals surface area contributed by atoms with Crippen LogP contribution in [0.1, 0.15) is 6.42 Å². The second-order valence-corrected chi connectivity index (χ2v) is 12.2. The molecule has 0 saturated carbocycles. The van der Waals surface area contributed by atoms with Crippen LogP contribution in [-0.2, 0) is 18.8 Å². The van der Waals surface area contributed by atoms with Crippen molar-refractivity contribution in [2.45, 2.75) is 6.42 Å². The van der Waals surface area contributed by atoms with Crippen LogP contribution in [0.4, 0.5) is 0 Å². The number of carbonyl (C=O) groups excluding carboxylic acids is 1. The molecule has 0 unspecified atom stereocenters. The van der Waals surface area contributed by atoms with Crippen molar-refractivity contribution in [3.05, 3.63) is 0 Å². The first kappa shape index (κ1) is 14.8. The van der Waals surface area contributed by atoms with Crippen LogP contribution in [0.25, 0.3) is 0 Å². The van der Waals surface area contributed by atoms with E-state index in [1.54, 1.807) is 7.11 Å². The van der Waals surface area contributed by atoms with Crippen molar-refractivity contribution in [1.82, 2.24) is 0 Å². The van der Waals surface area contributed by atoms with E-state index in [9.17, 15) is 4.79 Å². The number of hydrogen-bond donors (Lipinski definition) is 0. The average Bonchev–Trinajstić information content (AvgIpc) is 1.99. The maximum atomic E-state index is 11.4. The molecule has 0 radical (unpaired) electrons. The van der Waals surface area contributed by atoms with Crippen LogP contribution in [0.5, 0.6) is 0 Å². The summed E-state index contributed by atoms with van der Waals surface area (Å²) < 4.78 is 15.4. The van der Waals surface area contributed by atoms with Crippen LogP contribution in [-0.4, -0.2) is 59.6 Å². The molecule has 0 atom stereocenters. The summed E-state index contributed by atoms with van der Waals surface area (Å²) in [4.78, 5) is 11.4. The van der Waals surface area contributed by atoms with Gasteiger partial charge >= 0.3 is 91.6 Å². The Morgan fingerprint density at radius 1 is 1.07 bits per heavy atom. The molecule has 0 amide bonds. The monoisotopic (exact) mass is 238 g/mol. The van der Waals surface area contributed by atoms with Crippen molar-refractivity contribution < 1.29 is 18.8 Å². The number of hydrogen-bond acceptors (Lipinski definition) is 4. The first-order valence-electron chi connectivity index (χ1n) is 5.01. The minimum absolute atomic E-state index is 0.180. The van der Waals surface area contributed by atoms with Gasteiger partial charge in [0.25, 0.3) is 0 Å². The van der Waals surface area contributed by atoms with Gasteiger partial charge in [-0.2, -0.15) is 0 Å². The standard InChI is InChI=1S/C10H23O4P/c1-12-8-9-13-7-6-10(11)14-15(2,3,4)5/h6-9H2,1-5H3.